The van der Waals surface area contributed by atoms with Crippen LogP contribution in [0.3, 0.4) is 0 Å². The number of halogens is 4. The molecule has 0 aromatic heterocycles. The largest absolute Gasteiger partial charge is 0.485 e. The number of hydrogen-bond donors (Lipinski definition) is 1. The highest BCUT2D eigenvalue weighted by Crippen LogP contribution is 2.35. The van der Waals surface area contributed by atoms with Gasteiger partial charge in [0.15, 0.2) is 17.4 Å². The highest BCUT2D eigenvalue weighted by Gasteiger charge is 2.28. The van der Waals surface area contributed by atoms with Crippen LogP contribution in [0, 0.1) is 23.3 Å². The van der Waals surface area contributed by atoms with E-state index in [4.69, 9.17) is 19.5 Å². The van der Waals surface area contributed by atoms with Crippen molar-refractivity contribution in [2.75, 3.05) is 46.8 Å². The summed E-state index contributed by atoms with van der Waals surface area (Å²) >= 11 is -0.252. The first-order valence-electron chi connectivity index (χ1n) is 6.82. The van der Waals surface area contributed by atoms with Crippen molar-refractivity contribution in [1.82, 2.24) is 0 Å². The second-order valence-electron chi connectivity index (χ2n) is 4.21. The van der Waals surface area contributed by atoms with Crippen molar-refractivity contribution in [3.05, 3.63) is 23.3 Å². The van der Waals surface area contributed by atoms with Gasteiger partial charge in [0.05, 0.1) is 45.1 Å². The van der Waals surface area contributed by atoms with E-state index in [0.29, 0.717) is 13.2 Å². The topological polar surface area (TPSA) is 75.6 Å². The van der Waals surface area contributed by atoms with Crippen LogP contribution >= 0.6 is 12.0 Å². The zero-order valence-electron chi connectivity index (χ0n) is 13.1. The highest BCUT2D eigenvalue weighted by atomic mass is 32.2. The predicted octanol–water partition coefficient (Wildman–Crippen LogP) is 2.73. The standard InChI is InChI=1S/C13H16F4O7S/c1-19-2-3-20-4-5-21-6-7-22-12-8(14)10(16)13(25-24-23-18)11(17)9(12)15/h18H,2-7H2,1H3. The van der Waals surface area contributed by atoms with E-state index in [-0.39, 0.29) is 38.5 Å². The fourth-order valence-corrected chi connectivity index (χ4v) is 1.93. The molecule has 0 bridgehead atoms. The Hall–Kier alpha value is -1.15. The summed E-state index contributed by atoms with van der Waals surface area (Å²) in [6.07, 6.45) is 0. The minimum atomic E-state index is -1.76. The number of methoxy groups -OCH3 is 1. The van der Waals surface area contributed by atoms with Crippen LogP contribution < -0.4 is 4.74 Å². The Morgan fingerprint density at radius 2 is 1.32 bits per heavy atom. The second-order valence-corrected chi connectivity index (χ2v) is 4.92. The van der Waals surface area contributed by atoms with Gasteiger partial charge in [-0.05, 0) is 0 Å². The van der Waals surface area contributed by atoms with Gasteiger partial charge in [0, 0.05) is 7.11 Å². The number of benzene rings is 1. The van der Waals surface area contributed by atoms with Crippen molar-refractivity contribution in [1.29, 1.82) is 0 Å². The van der Waals surface area contributed by atoms with Gasteiger partial charge in [0.25, 0.3) is 0 Å². The van der Waals surface area contributed by atoms with Gasteiger partial charge in [0.2, 0.25) is 11.6 Å². The molecule has 0 unspecified atom stereocenters. The third-order valence-corrected chi connectivity index (χ3v) is 3.26. The monoisotopic (exact) mass is 392 g/mol. The molecule has 1 N–H and O–H groups in total. The quantitative estimate of drug-likeness (QED) is 0.137. The summed E-state index contributed by atoms with van der Waals surface area (Å²) in [5.74, 6) is -8.27. The minimum absolute atomic E-state index is 0.0896. The lowest BCUT2D eigenvalue weighted by atomic mass is 10.3. The molecular weight excluding hydrogens is 376 g/mol. The number of hydrogen-bond acceptors (Lipinski definition) is 8. The van der Waals surface area contributed by atoms with E-state index < -0.39 is 33.9 Å². The van der Waals surface area contributed by atoms with Crippen LogP contribution in [0.4, 0.5) is 17.6 Å². The summed E-state index contributed by atoms with van der Waals surface area (Å²) in [7, 11) is 1.53. The summed E-state index contributed by atoms with van der Waals surface area (Å²) < 4.78 is 78.1. The van der Waals surface area contributed by atoms with Gasteiger partial charge < -0.3 is 18.9 Å². The molecule has 0 heterocycles. The SMILES string of the molecule is COCCOCCOCCOc1c(F)c(F)c(SOOO)c(F)c1F. The maximum atomic E-state index is 13.7. The van der Waals surface area contributed by atoms with E-state index in [1.807, 2.05) is 0 Å². The van der Waals surface area contributed by atoms with Crippen LogP contribution in [0.25, 0.3) is 0 Å². The van der Waals surface area contributed by atoms with Gasteiger partial charge in [0.1, 0.15) is 11.5 Å². The molecule has 0 saturated heterocycles. The molecule has 12 heteroatoms. The third kappa shape index (κ3) is 6.93. The Morgan fingerprint density at radius 1 is 0.800 bits per heavy atom. The van der Waals surface area contributed by atoms with Gasteiger partial charge in [-0.25, -0.2) is 14.0 Å². The van der Waals surface area contributed by atoms with E-state index in [0.717, 1.165) is 0 Å². The van der Waals surface area contributed by atoms with E-state index in [1.54, 1.807) is 0 Å². The molecule has 0 saturated carbocycles. The maximum absolute atomic E-state index is 13.7. The van der Waals surface area contributed by atoms with Gasteiger partial charge >= 0.3 is 0 Å². The molecule has 1 rings (SSSR count). The van der Waals surface area contributed by atoms with Gasteiger partial charge in [-0.3, -0.25) is 0 Å². The van der Waals surface area contributed by atoms with Crippen molar-refractivity contribution in [3.8, 4) is 5.75 Å². The van der Waals surface area contributed by atoms with Crippen LogP contribution in [-0.4, -0.2) is 52.0 Å². The van der Waals surface area contributed by atoms with Crippen molar-refractivity contribution in [2.24, 2.45) is 0 Å². The molecular formula is C13H16F4O7S. The van der Waals surface area contributed by atoms with Crippen LogP contribution in [-0.2, 0) is 23.6 Å². The summed E-state index contributed by atoms with van der Waals surface area (Å²) in [4.78, 5) is -1.18. The Morgan fingerprint density at radius 3 is 1.84 bits per heavy atom. The average molecular weight is 392 g/mol. The zero-order chi connectivity index (χ0) is 18.7. The van der Waals surface area contributed by atoms with Crippen LogP contribution in [0.5, 0.6) is 5.75 Å². The zero-order valence-corrected chi connectivity index (χ0v) is 13.9. The summed E-state index contributed by atoms with van der Waals surface area (Å²) in [6.45, 7) is 0.841. The number of ether oxygens (including phenoxy) is 4. The maximum Gasteiger partial charge on any atom is 0.205 e. The fourth-order valence-electron chi connectivity index (χ4n) is 1.51. The second kappa shape index (κ2) is 12.2. The molecule has 0 aliphatic carbocycles. The normalized spacial score (nSPS) is 11.1. The smallest absolute Gasteiger partial charge is 0.205 e. The molecule has 144 valence electrons. The minimum Gasteiger partial charge on any atom is -0.485 e. The lowest BCUT2D eigenvalue weighted by Gasteiger charge is -2.12. The van der Waals surface area contributed by atoms with E-state index in [1.165, 1.54) is 7.11 Å². The highest BCUT2D eigenvalue weighted by molar-refractivity contribution is 7.94. The molecule has 1 aromatic rings. The Bertz CT molecular complexity index is 507. The Labute approximate surface area is 144 Å². The van der Waals surface area contributed by atoms with Crippen molar-refractivity contribution in [2.45, 2.75) is 4.90 Å². The van der Waals surface area contributed by atoms with Crippen molar-refractivity contribution < 1.29 is 51.1 Å². The van der Waals surface area contributed by atoms with Gasteiger partial charge in [-0.1, -0.05) is 5.04 Å². The molecule has 0 amide bonds. The Kier molecular flexibility index (Phi) is 10.7. The van der Waals surface area contributed by atoms with E-state index in [2.05, 4.69) is 14.1 Å². The van der Waals surface area contributed by atoms with Crippen LogP contribution in [0.15, 0.2) is 4.90 Å². The summed E-state index contributed by atoms with van der Waals surface area (Å²) in [6, 6.07) is 0. The third-order valence-electron chi connectivity index (χ3n) is 2.61. The molecule has 1 aromatic carbocycles. The molecule has 0 atom stereocenters. The van der Waals surface area contributed by atoms with E-state index in [9.17, 15) is 17.6 Å². The van der Waals surface area contributed by atoms with Gasteiger partial charge in [-0.15, -0.1) is 4.33 Å². The predicted molar refractivity (Wildman–Crippen MR) is 75.9 cm³/mol. The van der Waals surface area contributed by atoms with Crippen LogP contribution in [0.1, 0.15) is 0 Å². The van der Waals surface area contributed by atoms with Gasteiger partial charge in [-0.2, -0.15) is 8.78 Å². The van der Waals surface area contributed by atoms with Crippen LogP contribution in [0.2, 0.25) is 0 Å². The first-order valence-corrected chi connectivity index (χ1v) is 7.56. The first kappa shape index (κ1) is 21.9. The molecule has 0 fully saturated rings. The molecule has 0 spiro atoms. The molecule has 25 heavy (non-hydrogen) atoms. The van der Waals surface area contributed by atoms with Crippen molar-refractivity contribution >= 4 is 12.0 Å². The van der Waals surface area contributed by atoms with Crippen molar-refractivity contribution in [3.63, 3.8) is 0 Å². The lowest BCUT2D eigenvalue weighted by molar-refractivity contribution is -0.432. The molecule has 7 nitrogen and oxygen atoms in total. The average Bonchev–Trinajstić information content (AvgIpc) is 2.61. The first-order chi connectivity index (χ1) is 12.0. The summed E-state index contributed by atoms with van der Waals surface area (Å²) in [5.41, 5.74) is 0. The summed E-state index contributed by atoms with van der Waals surface area (Å²) in [5, 5.41) is 11.0. The molecule has 0 radical (unpaired) electrons. The Balaban J connectivity index is 2.48. The molecule has 0 aliphatic heterocycles. The fraction of sp³-hybridized carbons (Fsp3) is 0.538. The molecule has 0 aliphatic rings. The van der Waals surface area contributed by atoms with E-state index >= 15 is 0 Å². The lowest BCUT2D eigenvalue weighted by Crippen LogP contribution is -2.14. The number of rotatable bonds is 13.